The Hall–Kier alpha value is -2.18. The molecule has 3 aromatic rings. The number of aromatic nitrogens is 1. The zero-order valence-corrected chi connectivity index (χ0v) is 15.3. The van der Waals surface area contributed by atoms with Gasteiger partial charge in [-0.15, -0.1) is 23.1 Å². The zero-order valence-electron chi connectivity index (χ0n) is 13.7. The molecule has 2 aromatic carbocycles. The summed E-state index contributed by atoms with van der Waals surface area (Å²) in [5, 5.41) is 5.91. The summed E-state index contributed by atoms with van der Waals surface area (Å²) in [4.78, 5) is 17.0. The fourth-order valence-electron chi connectivity index (χ4n) is 2.26. The molecule has 3 rings (SSSR count). The van der Waals surface area contributed by atoms with Gasteiger partial charge in [-0.1, -0.05) is 24.3 Å². The first kappa shape index (κ1) is 17.6. The number of thioether (sulfide) groups is 1. The molecule has 0 aliphatic heterocycles. The minimum atomic E-state index is -0.249. The van der Waals surface area contributed by atoms with E-state index in [1.165, 1.54) is 17.8 Å². The molecule has 1 heterocycles. The molecule has 0 unspecified atom stereocenters. The number of halogens is 1. The van der Waals surface area contributed by atoms with Gasteiger partial charge < -0.3 is 5.32 Å². The first-order valence-corrected chi connectivity index (χ1v) is 9.68. The van der Waals surface area contributed by atoms with Crippen LogP contribution in [0.2, 0.25) is 0 Å². The lowest BCUT2D eigenvalue weighted by Gasteiger charge is -2.06. The Balaban J connectivity index is 1.50. The van der Waals surface area contributed by atoms with Gasteiger partial charge in [0.15, 0.2) is 0 Å². The standard InChI is InChI=1S/C19H17FN2OS2/c1-13-21-17(12-25-13)14-6-8-15(9-7-14)22-19(23)10-11-24-18-5-3-2-4-16(18)20/h2-9,12H,10-11H2,1H3,(H,22,23). The number of benzene rings is 2. The summed E-state index contributed by atoms with van der Waals surface area (Å²) in [5.74, 6) is 0.199. The summed E-state index contributed by atoms with van der Waals surface area (Å²) in [6.45, 7) is 1.97. The Morgan fingerprint density at radius 1 is 1.20 bits per heavy atom. The van der Waals surface area contributed by atoms with Crippen molar-refractivity contribution >= 4 is 34.7 Å². The molecular weight excluding hydrogens is 355 g/mol. The van der Waals surface area contributed by atoms with Gasteiger partial charge in [-0.2, -0.15) is 0 Å². The minimum Gasteiger partial charge on any atom is -0.326 e. The maximum absolute atomic E-state index is 13.5. The Morgan fingerprint density at radius 3 is 2.64 bits per heavy atom. The van der Waals surface area contributed by atoms with Crippen LogP contribution in [-0.2, 0) is 4.79 Å². The average molecular weight is 372 g/mol. The molecule has 3 nitrogen and oxygen atoms in total. The van der Waals surface area contributed by atoms with Gasteiger partial charge in [0.25, 0.3) is 0 Å². The van der Waals surface area contributed by atoms with Gasteiger partial charge in [-0.3, -0.25) is 4.79 Å². The van der Waals surface area contributed by atoms with Gasteiger partial charge in [0.2, 0.25) is 5.91 Å². The molecule has 1 N–H and O–H groups in total. The van der Waals surface area contributed by atoms with Crippen LogP contribution in [-0.4, -0.2) is 16.6 Å². The fraction of sp³-hybridized carbons (Fsp3) is 0.158. The van der Waals surface area contributed by atoms with Crippen LogP contribution in [0, 0.1) is 12.7 Å². The zero-order chi connectivity index (χ0) is 17.6. The van der Waals surface area contributed by atoms with Crippen molar-refractivity contribution in [3.63, 3.8) is 0 Å². The van der Waals surface area contributed by atoms with Crippen LogP contribution in [0.1, 0.15) is 11.4 Å². The number of carbonyl (C=O) groups excluding carboxylic acids is 1. The van der Waals surface area contributed by atoms with Crippen molar-refractivity contribution in [1.82, 2.24) is 4.98 Å². The fourth-order valence-corrected chi connectivity index (χ4v) is 3.77. The van der Waals surface area contributed by atoms with Crippen LogP contribution in [0.25, 0.3) is 11.3 Å². The summed E-state index contributed by atoms with van der Waals surface area (Å²) in [6.07, 6.45) is 0.325. The van der Waals surface area contributed by atoms with E-state index in [2.05, 4.69) is 10.3 Å². The molecule has 0 saturated heterocycles. The number of aryl methyl sites for hydroxylation is 1. The summed E-state index contributed by atoms with van der Waals surface area (Å²) in [6, 6.07) is 14.2. The monoisotopic (exact) mass is 372 g/mol. The van der Waals surface area contributed by atoms with Gasteiger partial charge >= 0.3 is 0 Å². The SMILES string of the molecule is Cc1nc(-c2ccc(NC(=O)CCSc3ccccc3F)cc2)cs1. The number of thiazole rings is 1. The lowest BCUT2D eigenvalue weighted by atomic mass is 10.1. The van der Waals surface area contributed by atoms with Crippen molar-refractivity contribution in [2.24, 2.45) is 0 Å². The van der Waals surface area contributed by atoms with E-state index < -0.39 is 0 Å². The van der Waals surface area contributed by atoms with Gasteiger partial charge in [-0.25, -0.2) is 9.37 Å². The third-order valence-electron chi connectivity index (χ3n) is 3.51. The van der Waals surface area contributed by atoms with Crippen LogP contribution in [0.3, 0.4) is 0 Å². The first-order chi connectivity index (χ1) is 12.1. The highest BCUT2D eigenvalue weighted by molar-refractivity contribution is 7.99. The number of rotatable bonds is 6. The number of carbonyl (C=O) groups is 1. The lowest BCUT2D eigenvalue weighted by Crippen LogP contribution is -2.12. The Bertz CT molecular complexity index is 862. The van der Waals surface area contributed by atoms with E-state index in [9.17, 15) is 9.18 Å². The molecular formula is C19H17FN2OS2. The van der Waals surface area contributed by atoms with Crippen LogP contribution in [0.4, 0.5) is 10.1 Å². The average Bonchev–Trinajstić information content (AvgIpc) is 3.04. The minimum absolute atomic E-state index is 0.0823. The highest BCUT2D eigenvalue weighted by Crippen LogP contribution is 2.24. The molecule has 0 spiro atoms. The summed E-state index contributed by atoms with van der Waals surface area (Å²) in [7, 11) is 0. The number of nitrogens with zero attached hydrogens (tertiary/aromatic N) is 1. The van der Waals surface area contributed by atoms with Crippen LogP contribution in [0.15, 0.2) is 58.8 Å². The normalized spacial score (nSPS) is 10.6. The third kappa shape index (κ3) is 4.90. The van der Waals surface area contributed by atoms with Crippen LogP contribution < -0.4 is 5.32 Å². The molecule has 0 radical (unpaired) electrons. The topological polar surface area (TPSA) is 42.0 Å². The third-order valence-corrected chi connectivity index (χ3v) is 5.33. The van der Waals surface area contributed by atoms with E-state index in [1.807, 2.05) is 36.6 Å². The summed E-state index contributed by atoms with van der Waals surface area (Å²) < 4.78 is 13.5. The van der Waals surface area contributed by atoms with E-state index in [1.54, 1.807) is 29.5 Å². The summed E-state index contributed by atoms with van der Waals surface area (Å²) in [5.41, 5.74) is 2.72. The van der Waals surface area contributed by atoms with Crippen LogP contribution >= 0.6 is 23.1 Å². The molecule has 25 heavy (non-hydrogen) atoms. The van der Waals surface area contributed by atoms with Crippen LogP contribution in [0.5, 0.6) is 0 Å². The maximum Gasteiger partial charge on any atom is 0.225 e. The van der Waals surface area contributed by atoms with Crippen molar-refractivity contribution in [1.29, 1.82) is 0 Å². The first-order valence-electron chi connectivity index (χ1n) is 7.81. The second-order valence-electron chi connectivity index (χ2n) is 5.41. The predicted molar refractivity (Wildman–Crippen MR) is 103 cm³/mol. The maximum atomic E-state index is 13.5. The quantitative estimate of drug-likeness (QED) is 0.591. The van der Waals surface area contributed by atoms with Crippen molar-refractivity contribution in [2.75, 3.05) is 11.1 Å². The van der Waals surface area contributed by atoms with Crippen molar-refractivity contribution in [3.8, 4) is 11.3 Å². The molecule has 0 aliphatic carbocycles. The summed E-state index contributed by atoms with van der Waals surface area (Å²) >= 11 is 2.96. The number of nitrogens with one attached hydrogen (secondary N) is 1. The van der Waals surface area contributed by atoms with Gasteiger partial charge in [0.1, 0.15) is 5.82 Å². The molecule has 6 heteroatoms. The molecule has 0 bridgehead atoms. The number of hydrogen-bond donors (Lipinski definition) is 1. The predicted octanol–water partition coefficient (Wildman–Crippen LogP) is 5.38. The smallest absolute Gasteiger partial charge is 0.225 e. The molecule has 0 saturated carbocycles. The largest absolute Gasteiger partial charge is 0.326 e. The van der Waals surface area contributed by atoms with Crippen molar-refractivity contribution in [2.45, 2.75) is 18.2 Å². The van der Waals surface area contributed by atoms with Gasteiger partial charge in [-0.05, 0) is 31.2 Å². The van der Waals surface area contributed by atoms with Crippen molar-refractivity contribution < 1.29 is 9.18 Å². The highest BCUT2D eigenvalue weighted by atomic mass is 32.2. The molecule has 1 aromatic heterocycles. The number of amides is 1. The van der Waals surface area contributed by atoms with Gasteiger partial charge in [0.05, 0.1) is 10.7 Å². The number of anilines is 1. The van der Waals surface area contributed by atoms with E-state index in [0.717, 1.165) is 22.0 Å². The second-order valence-corrected chi connectivity index (χ2v) is 7.61. The Kier molecular flexibility index (Phi) is 5.83. The van der Waals surface area contributed by atoms with E-state index in [-0.39, 0.29) is 11.7 Å². The van der Waals surface area contributed by atoms with E-state index >= 15 is 0 Å². The molecule has 0 atom stereocenters. The number of hydrogen-bond acceptors (Lipinski definition) is 4. The van der Waals surface area contributed by atoms with E-state index in [0.29, 0.717) is 17.1 Å². The Labute approximate surface area is 154 Å². The molecule has 0 fully saturated rings. The highest BCUT2D eigenvalue weighted by Gasteiger charge is 2.07. The molecule has 1 amide bonds. The molecule has 128 valence electrons. The van der Waals surface area contributed by atoms with Gasteiger partial charge in [0, 0.05) is 33.7 Å². The van der Waals surface area contributed by atoms with E-state index in [4.69, 9.17) is 0 Å². The molecule has 0 aliphatic rings. The second kappa shape index (κ2) is 8.27. The van der Waals surface area contributed by atoms with Crippen molar-refractivity contribution in [3.05, 3.63) is 64.7 Å². The Morgan fingerprint density at radius 2 is 1.96 bits per heavy atom. The lowest BCUT2D eigenvalue weighted by molar-refractivity contribution is -0.115.